The zero-order valence-corrected chi connectivity index (χ0v) is 12.9. The zero-order chi connectivity index (χ0) is 15.5. The summed E-state index contributed by atoms with van der Waals surface area (Å²) in [6, 6.07) is 8.02. The van der Waals surface area contributed by atoms with Gasteiger partial charge in [0.15, 0.2) is 0 Å². The molecule has 0 aliphatic rings. The third kappa shape index (κ3) is 3.56. The van der Waals surface area contributed by atoms with Crippen LogP contribution in [0, 0.1) is 6.92 Å². The van der Waals surface area contributed by atoms with E-state index in [1.807, 2.05) is 0 Å². The number of methoxy groups -OCH3 is 2. The third-order valence-corrected chi connectivity index (χ3v) is 4.33. The second-order valence-corrected chi connectivity index (χ2v) is 6.09. The van der Waals surface area contributed by atoms with Crippen LogP contribution in [0.1, 0.15) is 11.5 Å². The second-order valence-electron chi connectivity index (χ2n) is 4.35. The summed E-state index contributed by atoms with van der Waals surface area (Å²) in [6.07, 6.45) is 0. The first-order valence-electron chi connectivity index (χ1n) is 6.23. The van der Waals surface area contributed by atoms with Crippen LogP contribution in [0.2, 0.25) is 0 Å². The summed E-state index contributed by atoms with van der Waals surface area (Å²) in [5.41, 5.74) is 0. The van der Waals surface area contributed by atoms with Gasteiger partial charge in [0.25, 0.3) is 0 Å². The first-order valence-corrected chi connectivity index (χ1v) is 7.71. The number of ether oxygens (including phenoxy) is 2. The topological polar surface area (TPSA) is 77.8 Å². The van der Waals surface area contributed by atoms with Crippen molar-refractivity contribution in [1.82, 2.24) is 4.72 Å². The molecule has 21 heavy (non-hydrogen) atoms. The van der Waals surface area contributed by atoms with Crippen LogP contribution < -0.4 is 14.2 Å². The van der Waals surface area contributed by atoms with Gasteiger partial charge in [0.2, 0.25) is 10.0 Å². The Morgan fingerprint density at radius 3 is 2.48 bits per heavy atom. The van der Waals surface area contributed by atoms with E-state index in [9.17, 15) is 8.42 Å². The van der Waals surface area contributed by atoms with Gasteiger partial charge in [-0.2, -0.15) is 0 Å². The van der Waals surface area contributed by atoms with Crippen LogP contribution in [-0.2, 0) is 16.6 Å². The molecule has 1 N–H and O–H groups in total. The Hall–Kier alpha value is -1.99. The van der Waals surface area contributed by atoms with E-state index in [4.69, 9.17) is 13.9 Å². The maximum Gasteiger partial charge on any atom is 0.244 e. The largest absolute Gasteiger partial charge is 0.497 e. The summed E-state index contributed by atoms with van der Waals surface area (Å²) in [5.74, 6) is 2.01. The summed E-state index contributed by atoms with van der Waals surface area (Å²) in [6.45, 7) is 1.87. The van der Waals surface area contributed by atoms with Gasteiger partial charge >= 0.3 is 0 Å². The third-order valence-electron chi connectivity index (χ3n) is 2.89. The van der Waals surface area contributed by atoms with Crippen molar-refractivity contribution >= 4 is 10.0 Å². The Morgan fingerprint density at radius 1 is 1.14 bits per heavy atom. The van der Waals surface area contributed by atoms with Gasteiger partial charge in [-0.05, 0) is 31.2 Å². The summed E-state index contributed by atoms with van der Waals surface area (Å²) in [5, 5.41) is 0. The maximum absolute atomic E-state index is 12.3. The van der Waals surface area contributed by atoms with E-state index >= 15 is 0 Å². The van der Waals surface area contributed by atoms with E-state index in [1.165, 1.54) is 26.4 Å². The van der Waals surface area contributed by atoms with Crippen LogP contribution in [0.5, 0.6) is 11.5 Å². The maximum atomic E-state index is 12.3. The molecule has 7 heteroatoms. The molecule has 0 atom stereocenters. The van der Waals surface area contributed by atoms with Gasteiger partial charge in [0.05, 0.1) is 20.8 Å². The molecule has 6 nitrogen and oxygen atoms in total. The van der Waals surface area contributed by atoms with Crippen molar-refractivity contribution in [2.75, 3.05) is 14.2 Å². The summed E-state index contributed by atoms with van der Waals surface area (Å²) >= 11 is 0. The van der Waals surface area contributed by atoms with E-state index in [0.717, 1.165) is 5.76 Å². The molecular formula is C14H17NO5S. The predicted octanol–water partition coefficient (Wildman–Crippen LogP) is 2.08. The highest BCUT2D eigenvalue weighted by molar-refractivity contribution is 7.89. The van der Waals surface area contributed by atoms with Crippen molar-refractivity contribution in [3.05, 3.63) is 41.9 Å². The van der Waals surface area contributed by atoms with Crippen molar-refractivity contribution in [3.8, 4) is 11.5 Å². The van der Waals surface area contributed by atoms with Crippen LogP contribution in [0.4, 0.5) is 0 Å². The fraction of sp³-hybridized carbons (Fsp3) is 0.286. The number of furan rings is 1. The lowest BCUT2D eigenvalue weighted by molar-refractivity contribution is 0.385. The summed E-state index contributed by atoms with van der Waals surface area (Å²) < 4.78 is 42.6. The van der Waals surface area contributed by atoms with Crippen molar-refractivity contribution in [3.63, 3.8) is 0 Å². The predicted molar refractivity (Wildman–Crippen MR) is 77.0 cm³/mol. The standard InChI is InChI=1S/C14H17NO5S/c1-10-4-5-12(20-10)9-15-21(16,17)14-7-6-11(18-2)8-13(14)19-3/h4-8,15H,9H2,1-3H3. The lowest BCUT2D eigenvalue weighted by Gasteiger charge is -2.11. The van der Waals surface area contributed by atoms with E-state index in [0.29, 0.717) is 11.5 Å². The van der Waals surface area contributed by atoms with Gasteiger partial charge in [-0.3, -0.25) is 0 Å². The fourth-order valence-corrected chi connectivity index (χ4v) is 2.96. The number of sulfonamides is 1. The molecule has 1 aromatic heterocycles. The molecule has 0 spiro atoms. The molecule has 0 aliphatic heterocycles. The SMILES string of the molecule is COc1ccc(S(=O)(=O)NCc2ccc(C)o2)c(OC)c1. The van der Waals surface area contributed by atoms with Crippen LogP contribution in [0.25, 0.3) is 0 Å². The molecule has 0 saturated carbocycles. The zero-order valence-electron chi connectivity index (χ0n) is 12.0. The summed E-state index contributed by atoms with van der Waals surface area (Å²) in [7, 11) is -0.801. The molecule has 114 valence electrons. The molecule has 1 heterocycles. The van der Waals surface area contributed by atoms with E-state index in [1.54, 1.807) is 25.1 Å². The summed E-state index contributed by atoms with van der Waals surface area (Å²) in [4.78, 5) is 0.0501. The van der Waals surface area contributed by atoms with E-state index < -0.39 is 10.0 Å². The van der Waals surface area contributed by atoms with Crippen molar-refractivity contribution in [2.24, 2.45) is 0 Å². The van der Waals surface area contributed by atoms with Crippen molar-refractivity contribution in [2.45, 2.75) is 18.4 Å². The van der Waals surface area contributed by atoms with Gasteiger partial charge < -0.3 is 13.9 Å². The van der Waals surface area contributed by atoms with Gasteiger partial charge in [0.1, 0.15) is 27.9 Å². The molecule has 0 fully saturated rings. The van der Waals surface area contributed by atoms with Crippen molar-refractivity contribution < 1.29 is 22.3 Å². The highest BCUT2D eigenvalue weighted by Crippen LogP contribution is 2.28. The molecule has 0 unspecified atom stereocenters. The van der Waals surface area contributed by atoms with Crippen LogP contribution >= 0.6 is 0 Å². The van der Waals surface area contributed by atoms with E-state index in [2.05, 4.69) is 4.72 Å². The normalized spacial score (nSPS) is 11.4. The van der Waals surface area contributed by atoms with E-state index in [-0.39, 0.29) is 17.2 Å². The minimum atomic E-state index is -3.71. The Labute approximate surface area is 123 Å². The van der Waals surface area contributed by atoms with Gasteiger partial charge in [0, 0.05) is 6.07 Å². The molecule has 0 bridgehead atoms. The average Bonchev–Trinajstić information content (AvgIpc) is 2.90. The second kappa shape index (κ2) is 6.19. The minimum Gasteiger partial charge on any atom is -0.497 e. The lowest BCUT2D eigenvalue weighted by atomic mass is 10.3. The smallest absolute Gasteiger partial charge is 0.244 e. The number of nitrogens with one attached hydrogen (secondary N) is 1. The number of benzene rings is 1. The number of rotatable bonds is 6. The molecule has 1 aromatic carbocycles. The first-order chi connectivity index (χ1) is 9.96. The van der Waals surface area contributed by atoms with Crippen LogP contribution in [0.3, 0.4) is 0 Å². The molecule has 0 amide bonds. The first kappa shape index (κ1) is 15.4. The lowest BCUT2D eigenvalue weighted by Crippen LogP contribution is -2.23. The molecule has 0 radical (unpaired) electrons. The Bertz CT molecular complexity index is 721. The van der Waals surface area contributed by atoms with Crippen LogP contribution in [0.15, 0.2) is 39.6 Å². The molecule has 0 saturated heterocycles. The van der Waals surface area contributed by atoms with Gasteiger partial charge in [-0.15, -0.1) is 0 Å². The number of aryl methyl sites for hydroxylation is 1. The molecule has 2 rings (SSSR count). The Kier molecular flexibility index (Phi) is 4.54. The van der Waals surface area contributed by atoms with Gasteiger partial charge in [-0.1, -0.05) is 0 Å². The minimum absolute atomic E-state index is 0.0501. The fourth-order valence-electron chi connectivity index (χ4n) is 1.82. The Morgan fingerprint density at radius 2 is 1.90 bits per heavy atom. The molecule has 2 aromatic rings. The highest BCUT2D eigenvalue weighted by atomic mass is 32.2. The quantitative estimate of drug-likeness (QED) is 0.884. The molecular weight excluding hydrogens is 294 g/mol. The van der Waals surface area contributed by atoms with Crippen LogP contribution in [-0.4, -0.2) is 22.6 Å². The number of hydrogen-bond acceptors (Lipinski definition) is 5. The number of hydrogen-bond donors (Lipinski definition) is 1. The van der Waals surface area contributed by atoms with Gasteiger partial charge in [-0.25, -0.2) is 13.1 Å². The van der Waals surface area contributed by atoms with Crippen molar-refractivity contribution in [1.29, 1.82) is 0 Å². The molecule has 0 aliphatic carbocycles. The monoisotopic (exact) mass is 311 g/mol. The average molecular weight is 311 g/mol. The Balaban J connectivity index is 2.22. The highest BCUT2D eigenvalue weighted by Gasteiger charge is 2.20.